The third-order valence-corrected chi connectivity index (χ3v) is 6.55. The molecule has 0 aliphatic carbocycles. The lowest BCUT2D eigenvalue weighted by Crippen LogP contribution is -2.48. The maximum absolute atomic E-state index is 13.6. The zero-order chi connectivity index (χ0) is 24.3. The Kier molecular flexibility index (Phi) is 10.3. The summed E-state index contributed by atoms with van der Waals surface area (Å²) >= 11 is 1.67. The molecule has 0 unspecified atom stereocenters. The third kappa shape index (κ3) is 7.52. The monoisotopic (exact) mass is 490 g/mol. The fraction of sp³-hybridized carbons (Fsp3) is 0.480. The van der Waals surface area contributed by atoms with Crippen molar-refractivity contribution in [2.75, 3.05) is 59.7 Å². The van der Waals surface area contributed by atoms with Crippen LogP contribution in [-0.4, -0.2) is 86.6 Å². The molecule has 1 aliphatic rings. The number of carbonyl (C=O) groups excluding carboxylic acids is 1. The molecule has 0 saturated heterocycles. The number of halogens is 1. The second kappa shape index (κ2) is 13.4. The van der Waals surface area contributed by atoms with Crippen molar-refractivity contribution in [2.24, 2.45) is 0 Å². The molecule has 2 atom stereocenters. The zero-order valence-electron chi connectivity index (χ0n) is 19.3. The number of hydrogen-bond acceptors (Lipinski definition) is 7. The number of thiophene rings is 1. The van der Waals surface area contributed by atoms with Crippen LogP contribution in [0.1, 0.15) is 16.5 Å². The van der Waals surface area contributed by atoms with Crippen LogP contribution in [0.3, 0.4) is 0 Å². The minimum atomic E-state index is -0.782. The molecule has 1 aromatic heterocycles. The summed E-state index contributed by atoms with van der Waals surface area (Å²) in [5.74, 6) is 2.34. The standard InChI is InChI=1S/C25H31FN2O5S/c1-3-11-32-17-20(29)15-27(10-12-31-2)16-25(30)28-9-7-24-22(8-13-34-24)23(28)18-33-21-6-4-5-19(26)14-21/h1,4-6,8,13-14,20,23,29H,7,9-12,15-18H2,2H3/t20-,23+/m1/s1. The van der Waals surface area contributed by atoms with E-state index >= 15 is 0 Å². The van der Waals surface area contributed by atoms with Gasteiger partial charge in [0.15, 0.2) is 0 Å². The van der Waals surface area contributed by atoms with E-state index in [0.717, 1.165) is 12.0 Å². The van der Waals surface area contributed by atoms with Crippen LogP contribution in [0.15, 0.2) is 35.7 Å². The van der Waals surface area contributed by atoms with Gasteiger partial charge in [0.2, 0.25) is 5.91 Å². The Bertz CT molecular complexity index is 963. The first-order chi connectivity index (χ1) is 16.5. The van der Waals surface area contributed by atoms with Gasteiger partial charge in [0.05, 0.1) is 31.9 Å². The number of amides is 1. The van der Waals surface area contributed by atoms with Crippen molar-refractivity contribution in [3.8, 4) is 18.1 Å². The number of benzene rings is 1. The SMILES string of the molecule is C#CCOC[C@H](O)CN(CCOC)CC(=O)N1CCc2sccc2[C@@H]1COc1cccc(F)c1. The van der Waals surface area contributed by atoms with Gasteiger partial charge in [-0.3, -0.25) is 9.69 Å². The van der Waals surface area contributed by atoms with Gasteiger partial charge in [0.1, 0.15) is 24.8 Å². The average molecular weight is 491 g/mol. The maximum Gasteiger partial charge on any atom is 0.237 e. The second-order valence-corrected chi connectivity index (χ2v) is 9.02. The van der Waals surface area contributed by atoms with Crippen LogP contribution in [0.5, 0.6) is 5.75 Å². The van der Waals surface area contributed by atoms with Crippen molar-refractivity contribution in [3.05, 3.63) is 52.0 Å². The van der Waals surface area contributed by atoms with Gasteiger partial charge in [-0.15, -0.1) is 17.8 Å². The molecule has 3 rings (SSSR count). The van der Waals surface area contributed by atoms with Gasteiger partial charge in [-0.1, -0.05) is 12.0 Å². The molecule has 1 aromatic carbocycles. The topological polar surface area (TPSA) is 71.5 Å². The second-order valence-electron chi connectivity index (χ2n) is 8.02. The average Bonchev–Trinajstić information content (AvgIpc) is 3.30. The Balaban J connectivity index is 1.68. The molecule has 1 amide bonds. The van der Waals surface area contributed by atoms with E-state index in [2.05, 4.69) is 5.92 Å². The lowest BCUT2D eigenvalue weighted by atomic mass is 10.0. The van der Waals surface area contributed by atoms with Crippen LogP contribution < -0.4 is 4.74 Å². The molecule has 0 saturated carbocycles. The summed E-state index contributed by atoms with van der Waals surface area (Å²) < 4.78 is 29.9. The van der Waals surface area contributed by atoms with E-state index in [9.17, 15) is 14.3 Å². The highest BCUT2D eigenvalue weighted by atomic mass is 32.1. The predicted octanol–water partition coefficient (Wildman–Crippen LogP) is 2.35. The number of rotatable bonds is 13. The van der Waals surface area contributed by atoms with Crippen molar-refractivity contribution in [3.63, 3.8) is 0 Å². The highest BCUT2D eigenvalue weighted by molar-refractivity contribution is 7.10. The predicted molar refractivity (Wildman–Crippen MR) is 128 cm³/mol. The normalized spacial score (nSPS) is 16.2. The maximum atomic E-state index is 13.6. The molecule has 1 aliphatic heterocycles. The number of aliphatic hydroxyl groups is 1. The first-order valence-electron chi connectivity index (χ1n) is 11.2. The summed E-state index contributed by atoms with van der Waals surface area (Å²) in [4.78, 5) is 18.3. The largest absolute Gasteiger partial charge is 0.491 e. The Hall–Kier alpha value is -2.48. The molecule has 0 spiro atoms. The van der Waals surface area contributed by atoms with E-state index in [1.807, 2.05) is 21.2 Å². The van der Waals surface area contributed by atoms with Crippen LogP contribution in [0.25, 0.3) is 0 Å². The molecule has 0 fully saturated rings. The molecule has 1 N–H and O–H groups in total. The van der Waals surface area contributed by atoms with E-state index < -0.39 is 6.10 Å². The fourth-order valence-electron chi connectivity index (χ4n) is 3.95. The van der Waals surface area contributed by atoms with Gasteiger partial charge in [-0.05, 0) is 35.6 Å². The molecule has 0 bridgehead atoms. The molecule has 34 heavy (non-hydrogen) atoms. The molecule has 2 aromatic rings. The number of terminal acetylenes is 1. The zero-order valence-corrected chi connectivity index (χ0v) is 20.1. The van der Waals surface area contributed by atoms with E-state index in [1.165, 1.54) is 17.0 Å². The molecule has 2 heterocycles. The molecule has 9 heteroatoms. The van der Waals surface area contributed by atoms with Gasteiger partial charge in [-0.25, -0.2) is 4.39 Å². The van der Waals surface area contributed by atoms with Crippen molar-refractivity contribution >= 4 is 17.2 Å². The van der Waals surface area contributed by atoms with Crippen LogP contribution in [0.4, 0.5) is 4.39 Å². The summed E-state index contributed by atoms with van der Waals surface area (Å²) in [7, 11) is 1.59. The van der Waals surface area contributed by atoms with Gasteiger partial charge in [0.25, 0.3) is 0 Å². The molecule has 7 nitrogen and oxygen atoms in total. The van der Waals surface area contributed by atoms with E-state index in [0.29, 0.717) is 25.4 Å². The third-order valence-electron chi connectivity index (χ3n) is 5.55. The minimum absolute atomic E-state index is 0.0717. The Labute approximate surface area is 204 Å². The summed E-state index contributed by atoms with van der Waals surface area (Å²) in [6.45, 7) is 2.27. The van der Waals surface area contributed by atoms with Gasteiger partial charge in [-0.2, -0.15) is 0 Å². The number of carbonyl (C=O) groups is 1. The van der Waals surface area contributed by atoms with Crippen molar-refractivity contribution < 1.29 is 28.5 Å². The molecular weight excluding hydrogens is 459 g/mol. The molecular formula is C25H31FN2O5S. The fourth-order valence-corrected chi connectivity index (χ4v) is 4.88. The smallest absolute Gasteiger partial charge is 0.237 e. The quantitative estimate of drug-likeness (QED) is 0.343. The number of fused-ring (bicyclic) bond motifs is 1. The highest BCUT2D eigenvalue weighted by Gasteiger charge is 2.33. The number of ether oxygens (including phenoxy) is 3. The number of nitrogens with zero attached hydrogens (tertiary/aromatic N) is 2. The van der Waals surface area contributed by atoms with Crippen LogP contribution in [-0.2, 0) is 20.7 Å². The summed E-state index contributed by atoms with van der Waals surface area (Å²) in [5.41, 5.74) is 1.06. The summed E-state index contributed by atoms with van der Waals surface area (Å²) in [6, 6.07) is 7.73. The van der Waals surface area contributed by atoms with Gasteiger partial charge >= 0.3 is 0 Å². The number of methoxy groups -OCH3 is 1. The lowest BCUT2D eigenvalue weighted by Gasteiger charge is -2.37. The first-order valence-corrected chi connectivity index (χ1v) is 12.0. The van der Waals surface area contributed by atoms with Crippen molar-refractivity contribution in [1.29, 1.82) is 0 Å². The minimum Gasteiger partial charge on any atom is -0.491 e. The van der Waals surface area contributed by atoms with Gasteiger partial charge in [0, 0.05) is 37.7 Å². The number of hydrogen-bond donors (Lipinski definition) is 1. The molecule has 0 radical (unpaired) electrons. The van der Waals surface area contributed by atoms with Crippen molar-refractivity contribution in [2.45, 2.75) is 18.6 Å². The Morgan fingerprint density at radius 3 is 3.06 bits per heavy atom. The van der Waals surface area contributed by atoms with Gasteiger partial charge < -0.3 is 24.2 Å². The van der Waals surface area contributed by atoms with E-state index in [1.54, 1.807) is 30.6 Å². The molecule has 184 valence electrons. The van der Waals surface area contributed by atoms with Crippen molar-refractivity contribution in [1.82, 2.24) is 9.80 Å². The van der Waals surface area contributed by atoms with Crippen LogP contribution >= 0.6 is 11.3 Å². The summed E-state index contributed by atoms with van der Waals surface area (Å²) in [6.07, 6.45) is 5.17. The Morgan fingerprint density at radius 2 is 2.29 bits per heavy atom. The number of aliphatic hydroxyl groups excluding tert-OH is 1. The van der Waals surface area contributed by atoms with E-state index in [4.69, 9.17) is 20.6 Å². The van der Waals surface area contributed by atoms with Crippen LogP contribution in [0, 0.1) is 18.2 Å². The van der Waals surface area contributed by atoms with Crippen LogP contribution in [0.2, 0.25) is 0 Å². The first kappa shape index (κ1) is 26.1. The lowest BCUT2D eigenvalue weighted by molar-refractivity contribution is -0.136. The highest BCUT2D eigenvalue weighted by Crippen LogP contribution is 2.34. The summed E-state index contributed by atoms with van der Waals surface area (Å²) in [5, 5.41) is 12.3. The Morgan fingerprint density at radius 1 is 1.44 bits per heavy atom. The van der Waals surface area contributed by atoms with E-state index in [-0.39, 0.29) is 50.7 Å².